The van der Waals surface area contributed by atoms with Crippen molar-refractivity contribution in [2.24, 2.45) is 11.7 Å². The number of nitrogens with two attached hydrogens (primary N) is 1. The van der Waals surface area contributed by atoms with Crippen molar-refractivity contribution < 1.29 is 0 Å². The third-order valence-corrected chi connectivity index (χ3v) is 3.42. The minimum Gasteiger partial charge on any atom is -0.327 e. The van der Waals surface area contributed by atoms with E-state index in [1.54, 1.807) is 0 Å². The Morgan fingerprint density at radius 1 is 1.50 bits per heavy atom. The minimum absolute atomic E-state index is 0.213. The number of hydrogen-bond acceptors (Lipinski definition) is 1. The van der Waals surface area contributed by atoms with Gasteiger partial charge in [-0.15, -0.1) is 0 Å². The maximum Gasteiger partial charge on any atom is 0.0409 e. The summed E-state index contributed by atoms with van der Waals surface area (Å²) in [5, 5.41) is 0.823. The fourth-order valence-electron chi connectivity index (χ4n) is 2.64. The molecule has 2 heteroatoms. The van der Waals surface area contributed by atoms with E-state index in [2.05, 4.69) is 26.0 Å². The Morgan fingerprint density at radius 3 is 2.86 bits per heavy atom. The highest BCUT2D eigenvalue weighted by atomic mass is 35.5. The van der Waals surface area contributed by atoms with E-state index in [0.717, 1.165) is 11.4 Å². The fraction of sp³-hybridized carbons (Fsp3) is 0.500. The number of fused-ring (bicyclic) bond motifs is 1. The minimum atomic E-state index is 0.213. The summed E-state index contributed by atoms with van der Waals surface area (Å²) in [7, 11) is 0. The van der Waals surface area contributed by atoms with E-state index >= 15 is 0 Å². The van der Waals surface area contributed by atoms with Crippen molar-refractivity contribution in [1.82, 2.24) is 0 Å². The van der Waals surface area contributed by atoms with E-state index in [1.165, 1.54) is 11.1 Å². The van der Waals surface area contributed by atoms with Gasteiger partial charge >= 0.3 is 0 Å². The van der Waals surface area contributed by atoms with Gasteiger partial charge < -0.3 is 5.73 Å². The Bertz CT molecular complexity index is 346. The quantitative estimate of drug-likeness (QED) is 0.756. The van der Waals surface area contributed by atoms with Crippen LogP contribution in [0, 0.1) is 5.92 Å². The molecule has 0 fully saturated rings. The first-order valence-corrected chi connectivity index (χ1v) is 5.51. The predicted molar refractivity (Wildman–Crippen MR) is 60.7 cm³/mol. The van der Waals surface area contributed by atoms with Crippen LogP contribution in [0.25, 0.3) is 0 Å². The Morgan fingerprint density at radius 2 is 2.21 bits per heavy atom. The maximum absolute atomic E-state index is 6.01. The summed E-state index contributed by atoms with van der Waals surface area (Å²) in [4.78, 5) is 0. The van der Waals surface area contributed by atoms with Crippen LogP contribution in [0.3, 0.4) is 0 Å². The van der Waals surface area contributed by atoms with Crippen molar-refractivity contribution in [1.29, 1.82) is 0 Å². The average molecular weight is 210 g/mol. The molecule has 3 unspecified atom stereocenters. The molecule has 1 aliphatic rings. The Balaban J connectivity index is 2.44. The molecule has 0 amide bonds. The van der Waals surface area contributed by atoms with Gasteiger partial charge in [0, 0.05) is 17.0 Å². The molecule has 0 aromatic heterocycles. The van der Waals surface area contributed by atoms with E-state index in [9.17, 15) is 0 Å². The molecule has 0 aliphatic heterocycles. The predicted octanol–water partition coefficient (Wildman–Crippen LogP) is 2.96. The van der Waals surface area contributed by atoms with Crippen LogP contribution in [0.15, 0.2) is 18.2 Å². The molecule has 1 aromatic rings. The lowest BCUT2D eigenvalue weighted by molar-refractivity contribution is 0.439. The molecule has 0 radical (unpaired) electrons. The van der Waals surface area contributed by atoms with Gasteiger partial charge in [-0.2, -0.15) is 0 Å². The Kier molecular flexibility index (Phi) is 2.54. The molecule has 1 nitrogen and oxygen atoms in total. The van der Waals surface area contributed by atoms with Gasteiger partial charge in [0.15, 0.2) is 0 Å². The molecule has 14 heavy (non-hydrogen) atoms. The molecule has 3 atom stereocenters. The Hall–Kier alpha value is -0.530. The van der Waals surface area contributed by atoms with Crippen LogP contribution in [0.2, 0.25) is 5.02 Å². The molecule has 0 saturated heterocycles. The molecular formula is C12H16ClN. The van der Waals surface area contributed by atoms with Crippen LogP contribution >= 0.6 is 11.6 Å². The van der Waals surface area contributed by atoms with Crippen LogP contribution in [0.1, 0.15) is 30.9 Å². The summed E-state index contributed by atoms with van der Waals surface area (Å²) in [6.45, 7) is 4.35. The molecule has 0 heterocycles. The van der Waals surface area contributed by atoms with E-state index in [-0.39, 0.29) is 6.04 Å². The first kappa shape index (κ1) is 10.0. The molecular weight excluding hydrogens is 194 g/mol. The van der Waals surface area contributed by atoms with Gasteiger partial charge in [-0.1, -0.05) is 24.6 Å². The molecule has 76 valence electrons. The molecule has 1 aromatic carbocycles. The zero-order valence-corrected chi connectivity index (χ0v) is 9.38. The van der Waals surface area contributed by atoms with E-state index in [1.807, 2.05) is 6.07 Å². The lowest BCUT2D eigenvalue weighted by Gasteiger charge is -2.20. The lowest BCUT2D eigenvalue weighted by Crippen LogP contribution is -2.26. The number of rotatable bonds is 1. The van der Waals surface area contributed by atoms with Crippen molar-refractivity contribution in [2.75, 3.05) is 0 Å². The molecule has 2 N–H and O–H groups in total. The number of halogens is 1. The summed E-state index contributed by atoms with van der Waals surface area (Å²) in [6.07, 6.45) is 1.14. The van der Waals surface area contributed by atoms with E-state index in [0.29, 0.717) is 11.8 Å². The third kappa shape index (κ3) is 1.55. The number of hydrogen-bond donors (Lipinski definition) is 1. The van der Waals surface area contributed by atoms with Gasteiger partial charge in [0.2, 0.25) is 0 Å². The second kappa shape index (κ2) is 3.56. The molecule has 2 rings (SSSR count). The maximum atomic E-state index is 6.01. The van der Waals surface area contributed by atoms with Crippen molar-refractivity contribution in [3.8, 4) is 0 Å². The standard InChI is InChI=1S/C12H16ClN/c1-7-5-9-3-4-10(13)6-11(9)12(7)8(2)14/h3-4,6-8,12H,5,14H2,1-2H3. The van der Waals surface area contributed by atoms with Gasteiger partial charge in [0.05, 0.1) is 0 Å². The second-order valence-corrected chi connectivity index (χ2v) is 4.85. The summed E-state index contributed by atoms with van der Waals surface area (Å²) in [5.74, 6) is 1.12. The first-order chi connectivity index (χ1) is 6.59. The van der Waals surface area contributed by atoms with Gasteiger partial charge in [-0.25, -0.2) is 0 Å². The van der Waals surface area contributed by atoms with Crippen molar-refractivity contribution in [2.45, 2.75) is 32.2 Å². The average Bonchev–Trinajstić information content (AvgIpc) is 2.40. The van der Waals surface area contributed by atoms with E-state index < -0.39 is 0 Å². The summed E-state index contributed by atoms with van der Waals surface area (Å²) >= 11 is 6.00. The van der Waals surface area contributed by atoms with Crippen LogP contribution in [-0.4, -0.2) is 6.04 Å². The second-order valence-electron chi connectivity index (χ2n) is 4.41. The van der Waals surface area contributed by atoms with Crippen LogP contribution < -0.4 is 5.73 Å². The first-order valence-electron chi connectivity index (χ1n) is 5.13. The van der Waals surface area contributed by atoms with E-state index in [4.69, 9.17) is 17.3 Å². The monoisotopic (exact) mass is 209 g/mol. The van der Waals surface area contributed by atoms with Crippen molar-refractivity contribution >= 4 is 11.6 Å². The lowest BCUT2D eigenvalue weighted by atomic mass is 9.88. The zero-order chi connectivity index (χ0) is 10.3. The SMILES string of the molecule is CC(N)C1c2cc(Cl)ccc2CC1C. The summed E-state index contributed by atoms with van der Waals surface area (Å²) in [6, 6.07) is 6.39. The molecule has 0 spiro atoms. The topological polar surface area (TPSA) is 26.0 Å². The highest BCUT2D eigenvalue weighted by molar-refractivity contribution is 6.30. The molecule has 0 saturated carbocycles. The fourth-order valence-corrected chi connectivity index (χ4v) is 2.82. The smallest absolute Gasteiger partial charge is 0.0409 e. The van der Waals surface area contributed by atoms with Gasteiger partial charge in [0.1, 0.15) is 0 Å². The molecule has 0 bridgehead atoms. The van der Waals surface area contributed by atoms with Gasteiger partial charge in [-0.3, -0.25) is 0 Å². The zero-order valence-electron chi connectivity index (χ0n) is 8.63. The summed E-state index contributed by atoms with van der Waals surface area (Å²) in [5.41, 5.74) is 8.79. The summed E-state index contributed by atoms with van der Waals surface area (Å²) < 4.78 is 0. The highest BCUT2D eigenvalue weighted by Gasteiger charge is 2.31. The highest BCUT2D eigenvalue weighted by Crippen LogP contribution is 2.40. The van der Waals surface area contributed by atoms with Crippen molar-refractivity contribution in [3.05, 3.63) is 34.3 Å². The number of benzene rings is 1. The Labute approximate surface area is 90.3 Å². The van der Waals surface area contributed by atoms with Gasteiger partial charge in [-0.05, 0) is 42.5 Å². The van der Waals surface area contributed by atoms with Gasteiger partial charge in [0.25, 0.3) is 0 Å². The largest absolute Gasteiger partial charge is 0.327 e. The van der Waals surface area contributed by atoms with Crippen molar-refractivity contribution in [3.63, 3.8) is 0 Å². The normalized spacial score (nSPS) is 27.4. The van der Waals surface area contributed by atoms with Crippen LogP contribution in [0.4, 0.5) is 0 Å². The van der Waals surface area contributed by atoms with Crippen LogP contribution in [-0.2, 0) is 6.42 Å². The molecule has 1 aliphatic carbocycles. The third-order valence-electron chi connectivity index (χ3n) is 3.19. The van der Waals surface area contributed by atoms with Crippen LogP contribution in [0.5, 0.6) is 0 Å².